The summed E-state index contributed by atoms with van der Waals surface area (Å²) in [4.78, 5) is 36.9. The Hall–Kier alpha value is -3.46. The maximum atomic E-state index is 12.9. The van der Waals surface area contributed by atoms with Crippen LogP contribution in [-0.2, 0) is 9.59 Å². The van der Waals surface area contributed by atoms with Crippen LogP contribution in [0.25, 0.3) is 6.08 Å². The molecule has 0 spiro atoms. The Balaban J connectivity index is 1.86. The number of fused-ring (bicyclic) bond motifs is 1. The molecule has 0 aliphatic carbocycles. The van der Waals surface area contributed by atoms with Crippen molar-refractivity contribution in [2.75, 3.05) is 18.8 Å². The molecule has 0 fully saturated rings. The van der Waals surface area contributed by atoms with Crippen molar-refractivity contribution in [3.63, 3.8) is 0 Å². The van der Waals surface area contributed by atoms with Gasteiger partial charge in [0.05, 0.1) is 12.0 Å². The van der Waals surface area contributed by atoms with Gasteiger partial charge < -0.3 is 30.0 Å². The lowest BCUT2D eigenvalue weighted by molar-refractivity contribution is -0.308. The summed E-state index contributed by atoms with van der Waals surface area (Å²) < 4.78 is 10.6. The Morgan fingerprint density at radius 1 is 1.13 bits per heavy atom. The van der Waals surface area contributed by atoms with E-state index < -0.39 is 23.8 Å². The molecular formula is C22H21N2O6S-. The van der Waals surface area contributed by atoms with Gasteiger partial charge in [-0.05, 0) is 54.3 Å². The zero-order valence-electron chi connectivity index (χ0n) is 16.8. The third-order valence-electron chi connectivity index (χ3n) is 4.44. The first kappa shape index (κ1) is 22.2. The number of nitrogens with one attached hydrogen (secondary N) is 2. The Labute approximate surface area is 183 Å². The SMILES string of the molecule is CSCC[C@H](NC(=O)/C(=C\c1ccc2c(c1)OCO2)NC(=O)c1ccccc1)C(=O)[O-]. The van der Waals surface area contributed by atoms with Crippen molar-refractivity contribution in [1.29, 1.82) is 0 Å². The van der Waals surface area contributed by atoms with Crippen molar-refractivity contribution in [2.45, 2.75) is 12.5 Å². The summed E-state index contributed by atoms with van der Waals surface area (Å²) in [6.45, 7) is 0.101. The normalized spacial score (nSPS) is 13.4. The lowest BCUT2D eigenvalue weighted by atomic mass is 10.1. The maximum Gasteiger partial charge on any atom is 0.268 e. The minimum absolute atomic E-state index is 0.101. The number of hydrogen-bond acceptors (Lipinski definition) is 7. The summed E-state index contributed by atoms with van der Waals surface area (Å²) in [5, 5.41) is 16.4. The number of hydrogen-bond donors (Lipinski definition) is 2. The van der Waals surface area contributed by atoms with Crippen molar-refractivity contribution in [3.8, 4) is 11.5 Å². The summed E-state index contributed by atoms with van der Waals surface area (Å²) in [5.74, 6) is -1.02. The fourth-order valence-electron chi connectivity index (χ4n) is 2.83. The summed E-state index contributed by atoms with van der Waals surface area (Å²) in [6, 6.07) is 12.2. The first-order valence-corrected chi connectivity index (χ1v) is 10.9. The highest BCUT2D eigenvalue weighted by Crippen LogP contribution is 2.33. The topological polar surface area (TPSA) is 117 Å². The van der Waals surface area contributed by atoms with Crippen LogP contribution in [0.5, 0.6) is 11.5 Å². The van der Waals surface area contributed by atoms with Gasteiger partial charge in [0.2, 0.25) is 6.79 Å². The first-order valence-electron chi connectivity index (χ1n) is 9.46. The van der Waals surface area contributed by atoms with E-state index in [4.69, 9.17) is 9.47 Å². The predicted octanol–water partition coefficient (Wildman–Crippen LogP) is 1.17. The number of ether oxygens (including phenoxy) is 2. The summed E-state index contributed by atoms with van der Waals surface area (Å²) in [6.07, 6.45) is 3.47. The smallest absolute Gasteiger partial charge is 0.268 e. The van der Waals surface area contributed by atoms with Crippen molar-refractivity contribution in [3.05, 3.63) is 65.4 Å². The Kier molecular flexibility index (Phi) is 7.55. The van der Waals surface area contributed by atoms with E-state index >= 15 is 0 Å². The van der Waals surface area contributed by atoms with E-state index in [9.17, 15) is 19.5 Å². The molecule has 2 aromatic rings. The number of amides is 2. The molecule has 1 heterocycles. The molecule has 2 aromatic carbocycles. The van der Waals surface area contributed by atoms with Gasteiger partial charge in [-0.25, -0.2) is 0 Å². The second-order valence-corrected chi connectivity index (χ2v) is 7.60. The van der Waals surface area contributed by atoms with E-state index in [1.807, 2.05) is 6.26 Å². The Morgan fingerprint density at radius 3 is 2.58 bits per heavy atom. The van der Waals surface area contributed by atoms with E-state index in [0.29, 0.717) is 28.4 Å². The number of carbonyl (C=O) groups is 3. The molecule has 1 aliphatic heterocycles. The van der Waals surface area contributed by atoms with Gasteiger partial charge in [0, 0.05) is 5.56 Å². The minimum atomic E-state index is -1.39. The van der Waals surface area contributed by atoms with Crippen molar-refractivity contribution < 1.29 is 29.0 Å². The van der Waals surface area contributed by atoms with Crippen molar-refractivity contribution >= 4 is 35.6 Å². The summed E-state index contributed by atoms with van der Waals surface area (Å²) >= 11 is 1.45. The highest BCUT2D eigenvalue weighted by molar-refractivity contribution is 7.98. The highest BCUT2D eigenvalue weighted by atomic mass is 32.2. The predicted molar refractivity (Wildman–Crippen MR) is 114 cm³/mol. The van der Waals surface area contributed by atoms with Crippen LogP contribution in [0.15, 0.2) is 54.2 Å². The van der Waals surface area contributed by atoms with Crippen LogP contribution in [0.1, 0.15) is 22.3 Å². The average molecular weight is 441 g/mol. The number of carbonyl (C=O) groups excluding carboxylic acids is 3. The molecule has 1 atom stereocenters. The van der Waals surface area contributed by atoms with Gasteiger partial charge in [0.1, 0.15) is 5.70 Å². The van der Waals surface area contributed by atoms with Crippen LogP contribution in [-0.4, -0.2) is 42.6 Å². The third-order valence-corrected chi connectivity index (χ3v) is 5.08. The molecule has 9 heteroatoms. The maximum absolute atomic E-state index is 12.9. The molecular weight excluding hydrogens is 420 g/mol. The fourth-order valence-corrected chi connectivity index (χ4v) is 3.30. The minimum Gasteiger partial charge on any atom is -0.548 e. The monoisotopic (exact) mass is 441 g/mol. The van der Waals surface area contributed by atoms with Crippen LogP contribution in [0.2, 0.25) is 0 Å². The van der Waals surface area contributed by atoms with Crippen LogP contribution >= 0.6 is 11.8 Å². The third kappa shape index (κ3) is 6.02. The quantitative estimate of drug-likeness (QED) is 0.561. The summed E-state index contributed by atoms with van der Waals surface area (Å²) in [5.41, 5.74) is 0.811. The van der Waals surface area contributed by atoms with Crippen LogP contribution in [0.4, 0.5) is 0 Å². The average Bonchev–Trinajstić information content (AvgIpc) is 3.24. The summed E-state index contributed by atoms with van der Waals surface area (Å²) in [7, 11) is 0. The van der Waals surface area contributed by atoms with Gasteiger partial charge >= 0.3 is 0 Å². The number of benzene rings is 2. The Bertz CT molecular complexity index is 993. The lowest BCUT2D eigenvalue weighted by Crippen LogP contribution is -2.50. The molecule has 0 aromatic heterocycles. The largest absolute Gasteiger partial charge is 0.548 e. The van der Waals surface area contributed by atoms with E-state index in [1.54, 1.807) is 48.5 Å². The van der Waals surface area contributed by atoms with Gasteiger partial charge in [-0.15, -0.1) is 0 Å². The van der Waals surface area contributed by atoms with Gasteiger partial charge in [-0.1, -0.05) is 24.3 Å². The van der Waals surface area contributed by atoms with Gasteiger partial charge in [0.15, 0.2) is 11.5 Å². The zero-order valence-corrected chi connectivity index (χ0v) is 17.6. The highest BCUT2D eigenvalue weighted by Gasteiger charge is 2.20. The fraction of sp³-hybridized carbons (Fsp3) is 0.227. The lowest BCUT2D eigenvalue weighted by Gasteiger charge is -2.20. The van der Waals surface area contributed by atoms with Gasteiger partial charge in [-0.3, -0.25) is 9.59 Å². The zero-order chi connectivity index (χ0) is 22.2. The van der Waals surface area contributed by atoms with E-state index in [-0.39, 0.29) is 18.9 Å². The first-order chi connectivity index (χ1) is 15.0. The second-order valence-electron chi connectivity index (χ2n) is 6.62. The second kappa shape index (κ2) is 10.5. The molecule has 162 valence electrons. The number of carboxylic acids is 1. The number of thioether (sulfide) groups is 1. The molecule has 2 N–H and O–H groups in total. The molecule has 8 nitrogen and oxygen atoms in total. The molecule has 0 unspecified atom stereocenters. The molecule has 0 saturated carbocycles. The van der Waals surface area contributed by atoms with Crippen LogP contribution in [0.3, 0.4) is 0 Å². The van der Waals surface area contributed by atoms with Crippen molar-refractivity contribution in [2.24, 2.45) is 0 Å². The van der Waals surface area contributed by atoms with Crippen LogP contribution in [0, 0.1) is 0 Å². The number of rotatable bonds is 9. The van der Waals surface area contributed by atoms with Crippen LogP contribution < -0.4 is 25.2 Å². The number of carboxylic acid groups (broad SMARTS) is 1. The molecule has 1 aliphatic rings. The van der Waals surface area contributed by atoms with Gasteiger partial charge in [0.25, 0.3) is 11.8 Å². The molecule has 3 rings (SSSR count). The molecule has 0 bridgehead atoms. The number of aliphatic carboxylic acids is 1. The molecule has 0 saturated heterocycles. The standard InChI is InChI=1S/C22H22N2O6S/c1-31-10-9-16(22(27)28)23-21(26)17(24-20(25)15-5-3-2-4-6-15)11-14-7-8-18-19(12-14)30-13-29-18/h2-8,11-12,16H,9-10,13H2,1H3,(H,23,26)(H,24,25)(H,27,28)/p-1/b17-11+/t16-/m0/s1. The van der Waals surface area contributed by atoms with E-state index in [0.717, 1.165) is 0 Å². The molecule has 0 radical (unpaired) electrons. The Morgan fingerprint density at radius 2 is 1.87 bits per heavy atom. The molecule has 2 amide bonds. The molecule has 31 heavy (non-hydrogen) atoms. The van der Waals surface area contributed by atoms with Gasteiger partial charge in [-0.2, -0.15) is 11.8 Å². The van der Waals surface area contributed by atoms with E-state index in [1.165, 1.54) is 17.8 Å². The van der Waals surface area contributed by atoms with Crippen molar-refractivity contribution in [1.82, 2.24) is 10.6 Å². The van der Waals surface area contributed by atoms with E-state index in [2.05, 4.69) is 10.6 Å².